The largest absolute Gasteiger partial charge is 0.477 e. The van der Waals surface area contributed by atoms with Gasteiger partial charge < -0.3 is 9.84 Å². The molecule has 0 saturated heterocycles. The van der Waals surface area contributed by atoms with E-state index in [2.05, 4.69) is 0 Å². The molecule has 0 amide bonds. The summed E-state index contributed by atoms with van der Waals surface area (Å²) >= 11 is 5.88. The van der Waals surface area contributed by atoms with Crippen LogP contribution in [0.4, 0.5) is 4.39 Å². The van der Waals surface area contributed by atoms with Gasteiger partial charge in [-0.25, -0.2) is 9.18 Å². The molecule has 1 N–H and O–H groups in total. The first-order valence-corrected chi connectivity index (χ1v) is 5.41. The summed E-state index contributed by atoms with van der Waals surface area (Å²) < 4.78 is 18.7. The Morgan fingerprint density at radius 3 is 2.44 bits per heavy atom. The Labute approximate surface area is 107 Å². The van der Waals surface area contributed by atoms with Crippen LogP contribution in [0.5, 0.6) is 11.5 Å². The Bertz CT molecular complexity index is 599. The molecule has 0 unspecified atom stereocenters. The van der Waals surface area contributed by atoms with Crippen LogP contribution >= 0.6 is 11.6 Å². The van der Waals surface area contributed by atoms with E-state index in [0.717, 1.165) is 6.07 Å². The molecule has 3 nitrogen and oxygen atoms in total. The molecule has 0 aromatic heterocycles. The molecule has 0 aliphatic rings. The second-order valence-electron chi connectivity index (χ2n) is 3.45. The number of hydrogen-bond acceptors (Lipinski definition) is 2. The van der Waals surface area contributed by atoms with Gasteiger partial charge in [-0.15, -0.1) is 0 Å². The minimum absolute atomic E-state index is 0.0874. The van der Waals surface area contributed by atoms with E-state index in [4.69, 9.17) is 21.4 Å². The predicted molar refractivity (Wildman–Crippen MR) is 64.9 cm³/mol. The third kappa shape index (κ3) is 2.43. The van der Waals surface area contributed by atoms with E-state index >= 15 is 0 Å². The van der Waals surface area contributed by atoms with Gasteiger partial charge in [0.25, 0.3) is 0 Å². The van der Waals surface area contributed by atoms with Crippen molar-refractivity contribution in [3.05, 3.63) is 58.9 Å². The molecule has 0 atom stereocenters. The highest BCUT2D eigenvalue weighted by Crippen LogP contribution is 2.31. The summed E-state index contributed by atoms with van der Waals surface area (Å²) in [6.07, 6.45) is 0. The Morgan fingerprint density at radius 1 is 1.11 bits per heavy atom. The molecule has 2 aromatic rings. The molecule has 18 heavy (non-hydrogen) atoms. The van der Waals surface area contributed by atoms with Crippen molar-refractivity contribution in [2.75, 3.05) is 0 Å². The summed E-state index contributed by atoms with van der Waals surface area (Å²) in [5.74, 6) is -2.06. The van der Waals surface area contributed by atoms with Crippen LogP contribution in [-0.4, -0.2) is 11.1 Å². The van der Waals surface area contributed by atoms with Crippen molar-refractivity contribution in [3.8, 4) is 11.5 Å². The van der Waals surface area contributed by atoms with E-state index < -0.39 is 17.3 Å². The first-order valence-electron chi connectivity index (χ1n) is 5.04. The van der Waals surface area contributed by atoms with Gasteiger partial charge in [0.1, 0.15) is 22.9 Å². The fourth-order valence-corrected chi connectivity index (χ4v) is 1.62. The highest BCUT2D eigenvalue weighted by molar-refractivity contribution is 6.32. The van der Waals surface area contributed by atoms with E-state index in [1.165, 1.54) is 12.1 Å². The highest BCUT2D eigenvalue weighted by atomic mass is 35.5. The zero-order chi connectivity index (χ0) is 13.1. The Balaban J connectivity index is 2.44. The molecule has 0 radical (unpaired) electrons. The average Bonchev–Trinajstić information content (AvgIpc) is 2.31. The van der Waals surface area contributed by atoms with E-state index in [0.29, 0.717) is 5.02 Å². The number of rotatable bonds is 3. The number of hydrogen-bond donors (Lipinski definition) is 1. The third-order valence-electron chi connectivity index (χ3n) is 2.25. The zero-order valence-corrected chi connectivity index (χ0v) is 9.82. The summed E-state index contributed by atoms with van der Waals surface area (Å²) in [7, 11) is 0. The van der Waals surface area contributed by atoms with Gasteiger partial charge in [0.05, 0.1) is 5.02 Å². The molecule has 2 aromatic carbocycles. The maximum absolute atomic E-state index is 13.4. The molecule has 0 fully saturated rings. The Kier molecular flexibility index (Phi) is 3.48. The summed E-state index contributed by atoms with van der Waals surface area (Å²) in [5, 5.41) is 9.26. The topological polar surface area (TPSA) is 46.5 Å². The molecular weight excluding hydrogens is 259 g/mol. The summed E-state index contributed by atoms with van der Waals surface area (Å²) in [6.45, 7) is 0. The second-order valence-corrected chi connectivity index (χ2v) is 3.86. The van der Waals surface area contributed by atoms with Crippen LogP contribution in [0.2, 0.25) is 5.02 Å². The lowest BCUT2D eigenvalue weighted by Gasteiger charge is -2.10. The van der Waals surface area contributed by atoms with Crippen LogP contribution in [-0.2, 0) is 0 Å². The molecule has 92 valence electrons. The first-order chi connectivity index (χ1) is 8.59. The van der Waals surface area contributed by atoms with Gasteiger partial charge in [-0.05, 0) is 24.3 Å². The summed E-state index contributed by atoms with van der Waals surface area (Å²) in [5.41, 5.74) is -0.516. The maximum Gasteiger partial charge on any atom is 0.342 e. The van der Waals surface area contributed by atoms with Crippen molar-refractivity contribution in [3.63, 3.8) is 0 Å². The summed E-state index contributed by atoms with van der Waals surface area (Å²) in [4.78, 5) is 11.0. The van der Waals surface area contributed by atoms with Crippen LogP contribution in [0.15, 0.2) is 42.5 Å². The van der Waals surface area contributed by atoms with E-state index in [1.54, 1.807) is 24.3 Å². The lowest BCUT2D eigenvalue weighted by molar-refractivity contribution is 0.0689. The summed E-state index contributed by atoms with van der Waals surface area (Å²) in [6, 6.07) is 10.3. The van der Waals surface area contributed by atoms with Gasteiger partial charge in [-0.3, -0.25) is 0 Å². The van der Waals surface area contributed by atoms with E-state index in [1.807, 2.05) is 0 Å². The van der Waals surface area contributed by atoms with Crippen molar-refractivity contribution in [2.24, 2.45) is 0 Å². The molecule has 2 rings (SSSR count). The monoisotopic (exact) mass is 266 g/mol. The fourth-order valence-electron chi connectivity index (χ4n) is 1.44. The lowest BCUT2D eigenvalue weighted by Crippen LogP contribution is -2.03. The Morgan fingerprint density at radius 2 is 1.78 bits per heavy atom. The standard InChI is InChI=1S/C13H8ClFO3/c14-8-4-1-2-6-10(8)18-11-7-3-5-9(15)12(11)13(16)17/h1-7H,(H,16,17). The van der Waals surface area contributed by atoms with Gasteiger partial charge in [0, 0.05) is 0 Å². The van der Waals surface area contributed by atoms with Gasteiger partial charge in [0.15, 0.2) is 0 Å². The predicted octanol–water partition coefficient (Wildman–Crippen LogP) is 3.97. The SMILES string of the molecule is O=C(O)c1c(F)cccc1Oc1ccccc1Cl. The van der Waals surface area contributed by atoms with Crippen molar-refractivity contribution < 1.29 is 19.0 Å². The number of carboxylic acid groups (broad SMARTS) is 1. The Hall–Kier alpha value is -2.07. The van der Waals surface area contributed by atoms with Crippen LogP contribution in [0.1, 0.15) is 10.4 Å². The smallest absolute Gasteiger partial charge is 0.342 e. The number of aromatic carboxylic acids is 1. The number of halogens is 2. The minimum atomic E-state index is -1.39. The van der Waals surface area contributed by atoms with E-state index in [9.17, 15) is 9.18 Å². The first kappa shape index (κ1) is 12.4. The third-order valence-corrected chi connectivity index (χ3v) is 2.56. The molecule has 0 aliphatic carbocycles. The molecule has 0 heterocycles. The van der Waals surface area contributed by atoms with Crippen LogP contribution in [0.25, 0.3) is 0 Å². The van der Waals surface area contributed by atoms with Gasteiger partial charge in [-0.2, -0.15) is 0 Å². The second kappa shape index (κ2) is 5.06. The molecule has 0 aliphatic heterocycles. The van der Waals surface area contributed by atoms with Gasteiger partial charge >= 0.3 is 5.97 Å². The maximum atomic E-state index is 13.4. The molecule has 0 spiro atoms. The molecule has 0 bridgehead atoms. The van der Waals surface area contributed by atoms with Crippen LogP contribution in [0, 0.1) is 5.82 Å². The fraction of sp³-hybridized carbons (Fsp3) is 0. The van der Waals surface area contributed by atoms with Crippen molar-refractivity contribution in [2.45, 2.75) is 0 Å². The number of benzene rings is 2. The van der Waals surface area contributed by atoms with Crippen LogP contribution in [0.3, 0.4) is 0 Å². The molecule has 0 saturated carbocycles. The number of carbonyl (C=O) groups is 1. The minimum Gasteiger partial charge on any atom is -0.477 e. The normalized spacial score (nSPS) is 10.1. The van der Waals surface area contributed by atoms with Crippen molar-refractivity contribution >= 4 is 17.6 Å². The van der Waals surface area contributed by atoms with Crippen LogP contribution < -0.4 is 4.74 Å². The van der Waals surface area contributed by atoms with E-state index in [-0.39, 0.29) is 11.5 Å². The average molecular weight is 267 g/mol. The van der Waals surface area contributed by atoms with Gasteiger partial charge in [-0.1, -0.05) is 29.8 Å². The molecular formula is C13H8ClFO3. The highest BCUT2D eigenvalue weighted by Gasteiger charge is 2.17. The lowest BCUT2D eigenvalue weighted by atomic mass is 10.2. The zero-order valence-electron chi connectivity index (χ0n) is 9.06. The quantitative estimate of drug-likeness (QED) is 0.914. The number of para-hydroxylation sites is 1. The van der Waals surface area contributed by atoms with Crippen molar-refractivity contribution in [1.29, 1.82) is 0 Å². The van der Waals surface area contributed by atoms with Crippen molar-refractivity contribution in [1.82, 2.24) is 0 Å². The molecule has 5 heteroatoms. The number of ether oxygens (including phenoxy) is 1. The van der Waals surface area contributed by atoms with Gasteiger partial charge in [0.2, 0.25) is 0 Å². The number of carboxylic acids is 1.